The number of hydrogen-bond donors (Lipinski definition) is 1. The van der Waals surface area contributed by atoms with E-state index in [4.69, 9.17) is 27.1 Å². The zero-order chi connectivity index (χ0) is 39.6. The van der Waals surface area contributed by atoms with Gasteiger partial charge in [0.05, 0.1) is 46.0 Å². The van der Waals surface area contributed by atoms with Crippen LogP contribution in [0.5, 0.6) is 0 Å². The molecule has 4 aromatic carbocycles. The Kier molecular flexibility index (Phi) is 16.1. The van der Waals surface area contributed by atoms with E-state index in [1.54, 1.807) is 13.4 Å². The second-order valence-electron chi connectivity index (χ2n) is 13.3. The summed E-state index contributed by atoms with van der Waals surface area (Å²) in [6.45, 7) is 0.671. The van der Waals surface area contributed by atoms with Gasteiger partial charge in [-0.25, -0.2) is 24.1 Å². The molecule has 1 N–H and O–H groups in total. The van der Waals surface area contributed by atoms with E-state index in [9.17, 15) is 9.13 Å². The minimum Gasteiger partial charge on any atom is -0.371 e. The number of nitrogens with zero attached hydrogens (tertiary/aromatic N) is 4. The van der Waals surface area contributed by atoms with Gasteiger partial charge in [-0.05, 0) is 35.1 Å². The van der Waals surface area contributed by atoms with Gasteiger partial charge in [0.1, 0.15) is 11.8 Å². The van der Waals surface area contributed by atoms with Crippen molar-refractivity contribution in [2.24, 2.45) is 5.92 Å². The number of fused-ring (bicyclic) bond motifs is 1. The van der Waals surface area contributed by atoms with Crippen LogP contribution in [-0.2, 0) is 69.2 Å². The van der Waals surface area contributed by atoms with E-state index in [0.29, 0.717) is 18.8 Å². The molecule has 0 unspecified atom stereocenters. The van der Waals surface area contributed by atoms with Gasteiger partial charge in [0.25, 0.3) is 0 Å². The SMILES string of the molecule is CNc1ncnc2c1ncn2CCCCCC(COP(=O)(OCc1ccccc1)OCc1ccccc1)COP(=O)(OCc1ccccc1)OCc1ccccc1. The fourth-order valence-electron chi connectivity index (χ4n) is 5.86. The van der Waals surface area contributed by atoms with Crippen LogP contribution < -0.4 is 5.32 Å². The van der Waals surface area contributed by atoms with Gasteiger partial charge in [-0.15, -0.1) is 0 Å². The Morgan fingerprint density at radius 1 is 0.561 bits per heavy atom. The number of aryl methyl sites for hydroxylation is 1. The largest absolute Gasteiger partial charge is 0.475 e. The Morgan fingerprint density at radius 2 is 1.00 bits per heavy atom. The first kappa shape index (κ1) is 42.1. The van der Waals surface area contributed by atoms with Crippen LogP contribution in [0.15, 0.2) is 134 Å². The van der Waals surface area contributed by atoms with Gasteiger partial charge in [-0.2, -0.15) is 0 Å². The van der Waals surface area contributed by atoms with Crippen LogP contribution in [0.3, 0.4) is 0 Å². The van der Waals surface area contributed by atoms with Crippen molar-refractivity contribution in [2.75, 3.05) is 25.6 Å². The van der Waals surface area contributed by atoms with Crippen molar-refractivity contribution in [2.45, 2.75) is 58.7 Å². The molecule has 0 amide bonds. The molecule has 0 spiro atoms. The molecule has 0 aliphatic rings. The minimum atomic E-state index is -4.10. The topological polar surface area (TPSA) is 145 Å². The lowest BCUT2D eigenvalue weighted by molar-refractivity contribution is 0.0595. The van der Waals surface area contributed by atoms with Crippen LogP contribution in [0.2, 0.25) is 0 Å². The standard InChI is InChI=1S/C42H49N5O8P2/c1-43-41-40-42(45-33-44-41)47(34-46-40)26-16-6-15-25-39(31-54-56(48,50-27-35-17-7-2-8-18-35)51-28-36-19-9-3-10-20-36)32-55-57(49,52-29-37-21-11-4-12-22-37)53-30-38-23-13-5-14-24-38/h2-5,7-14,17-24,33-34,39H,6,15-16,25-32H2,1H3,(H,43,44,45). The number of hydrogen-bond acceptors (Lipinski definition) is 12. The van der Waals surface area contributed by atoms with Gasteiger partial charge in [-0.1, -0.05) is 134 Å². The van der Waals surface area contributed by atoms with E-state index >= 15 is 0 Å². The van der Waals surface area contributed by atoms with Gasteiger partial charge in [0.2, 0.25) is 0 Å². The molecule has 0 aliphatic carbocycles. The maximum absolute atomic E-state index is 14.2. The number of aromatic nitrogens is 4. The van der Waals surface area contributed by atoms with Gasteiger partial charge in [-0.3, -0.25) is 27.1 Å². The van der Waals surface area contributed by atoms with E-state index in [-0.39, 0.29) is 45.6 Å². The number of imidazole rings is 1. The maximum Gasteiger partial charge on any atom is 0.475 e. The van der Waals surface area contributed by atoms with E-state index in [0.717, 1.165) is 52.7 Å². The summed E-state index contributed by atoms with van der Waals surface area (Å²) < 4.78 is 66.1. The van der Waals surface area contributed by atoms with Crippen LogP contribution in [0.1, 0.15) is 47.9 Å². The second-order valence-corrected chi connectivity index (χ2v) is 16.7. The Labute approximate surface area is 333 Å². The van der Waals surface area contributed by atoms with Gasteiger partial charge in [0.15, 0.2) is 11.5 Å². The van der Waals surface area contributed by atoms with Gasteiger partial charge >= 0.3 is 15.6 Å². The summed E-state index contributed by atoms with van der Waals surface area (Å²) in [6, 6.07) is 37.6. The molecule has 6 rings (SSSR count). The molecule has 2 heterocycles. The first-order chi connectivity index (χ1) is 27.9. The smallest absolute Gasteiger partial charge is 0.371 e. The molecule has 6 aromatic rings. The van der Waals surface area contributed by atoms with Crippen molar-refractivity contribution in [3.05, 3.63) is 156 Å². The highest BCUT2D eigenvalue weighted by molar-refractivity contribution is 7.48. The lowest BCUT2D eigenvalue weighted by Gasteiger charge is -2.24. The third kappa shape index (κ3) is 13.5. The van der Waals surface area contributed by atoms with Crippen LogP contribution in [0.25, 0.3) is 11.2 Å². The Morgan fingerprint density at radius 3 is 1.42 bits per heavy atom. The van der Waals surface area contributed by atoms with Crippen LogP contribution >= 0.6 is 15.6 Å². The van der Waals surface area contributed by atoms with Crippen molar-refractivity contribution in [1.82, 2.24) is 19.5 Å². The first-order valence-corrected chi connectivity index (χ1v) is 21.9. The lowest BCUT2D eigenvalue weighted by Crippen LogP contribution is -2.17. The van der Waals surface area contributed by atoms with Crippen LogP contribution in [-0.4, -0.2) is 39.8 Å². The highest BCUT2D eigenvalue weighted by Crippen LogP contribution is 2.53. The van der Waals surface area contributed by atoms with Gasteiger partial charge < -0.3 is 9.88 Å². The van der Waals surface area contributed by atoms with Gasteiger partial charge in [0, 0.05) is 19.5 Å². The third-order valence-electron chi connectivity index (χ3n) is 9.01. The normalized spacial score (nSPS) is 12.0. The molecule has 0 saturated carbocycles. The predicted octanol–water partition coefficient (Wildman–Crippen LogP) is 10.2. The molecule has 0 atom stereocenters. The summed E-state index contributed by atoms with van der Waals surface area (Å²) in [5, 5.41) is 3.06. The minimum absolute atomic E-state index is 0.0214. The monoisotopic (exact) mass is 813 g/mol. The quantitative estimate of drug-likeness (QED) is 0.0434. The molecule has 2 aromatic heterocycles. The van der Waals surface area contributed by atoms with Crippen molar-refractivity contribution in [3.63, 3.8) is 0 Å². The maximum atomic E-state index is 14.2. The number of unbranched alkanes of at least 4 members (excludes halogenated alkanes) is 2. The zero-order valence-corrected chi connectivity index (χ0v) is 33.8. The molecule has 0 bridgehead atoms. The average Bonchev–Trinajstić information content (AvgIpc) is 3.69. The summed E-state index contributed by atoms with van der Waals surface area (Å²) in [4.78, 5) is 13.2. The number of phosphoric acid groups is 2. The van der Waals surface area contributed by atoms with E-state index in [1.807, 2.05) is 126 Å². The third-order valence-corrected chi connectivity index (χ3v) is 11.7. The number of benzene rings is 4. The summed E-state index contributed by atoms with van der Waals surface area (Å²) in [6.07, 6.45) is 6.34. The van der Waals surface area contributed by atoms with Crippen molar-refractivity contribution in [1.29, 1.82) is 0 Å². The van der Waals surface area contributed by atoms with Crippen molar-refractivity contribution in [3.8, 4) is 0 Å². The summed E-state index contributed by atoms with van der Waals surface area (Å²) in [7, 11) is -6.39. The second kappa shape index (κ2) is 21.8. The van der Waals surface area contributed by atoms with Crippen molar-refractivity contribution < 1.29 is 36.3 Å². The summed E-state index contributed by atoms with van der Waals surface area (Å²) in [5.41, 5.74) is 4.74. The van der Waals surface area contributed by atoms with Crippen LogP contribution in [0, 0.1) is 5.92 Å². The summed E-state index contributed by atoms with van der Waals surface area (Å²) in [5.74, 6) is 0.296. The zero-order valence-electron chi connectivity index (χ0n) is 32.0. The fraction of sp³-hybridized carbons (Fsp3) is 0.310. The molecular formula is C42H49N5O8P2. The Balaban J connectivity index is 1.14. The number of phosphoric ester groups is 2. The number of rotatable bonds is 25. The Bertz CT molecular complexity index is 1960. The molecular weight excluding hydrogens is 764 g/mol. The highest BCUT2D eigenvalue weighted by atomic mass is 31.2. The van der Waals surface area contributed by atoms with E-state index in [2.05, 4.69) is 20.3 Å². The molecule has 57 heavy (non-hydrogen) atoms. The molecule has 0 radical (unpaired) electrons. The van der Waals surface area contributed by atoms with E-state index in [1.165, 1.54) is 6.33 Å². The molecule has 0 saturated heterocycles. The van der Waals surface area contributed by atoms with Crippen LogP contribution in [0.4, 0.5) is 5.82 Å². The Hall–Kier alpha value is -4.55. The highest BCUT2D eigenvalue weighted by Gasteiger charge is 2.32. The lowest BCUT2D eigenvalue weighted by atomic mass is 10.0. The fourth-order valence-corrected chi connectivity index (χ4v) is 8.33. The molecule has 13 nitrogen and oxygen atoms in total. The molecule has 15 heteroatoms. The predicted molar refractivity (Wildman–Crippen MR) is 219 cm³/mol. The van der Waals surface area contributed by atoms with Crippen molar-refractivity contribution >= 4 is 32.6 Å². The molecule has 0 fully saturated rings. The number of anilines is 1. The van der Waals surface area contributed by atoms with E-state index < -0.39 is 15.6 Å². The molecule has 300 valence electrons. The summed E-state index contributed by atoms with van der Waals surface area (Å²) >= 11 is 0. The number of nitrogens with one attached hydrogen (secondary N) is 1. The first-order valence-electron chi connectivity index (χ1n) is 19.0. The average molecular weight is 814 g/mol. The molecule has 0 aliphatic heterocycles.